The maximum atomic E-state index is 12.8. The van der Waals surface area contributed by atoms with Crippen LogP contribution >= 0.6 is 0 Å². The second-order valence-corrected chi connectivity index (χ2v) is 10.6. The van der Waals surface area contributed by atoms with E-state index in [0.717, 1.165) is 22.3 Å². The van der Waals surface area contributed by atoms with Crippen molar-refractivity contribution in [2.45, 2.75) is 46.5 Å². The van der Waals surface area contributed by atoms with Gasteiger partial charge in [-0.2, -0.15) is 0 Å². The fourth-order valence-corrected chi connectivity index (χ4v) is 4.64. The lowest BCUT2D eigenvalue weighted by atomic mass is 9.84. The van der Waals surface area contributed by atoms with E-state index in [2.05, 4.69) is 34.9 Å². The number of ether oxygens (including phenoxy) is 1. The van der Waals surface area contributed by atoms with Gasteiger partial charge >= 0.3 is 12.1 Å². The van der Waals surface area contributed by atoms with Crippen LogP contribution in [-0.2, 0) is 14.3 Å². The molecule has 0 radical (unpaired) electrons. The van der Waals surface area contributed by atoms with Crippen LogP contribution < -0.4 is 10.6 Å². The molecule has 0 saturated heterocycles. The number of carbonyl (C=O) groups is 3. The zero-order valence-electron chi connectivity index (χ0n) is 21.0. The second kappa shape index (κ2) is 11.4. The number of carboxylic acids is 1. The normalized spacial score (nSPS) is 14.4. The Morgan fingerprint density at radius 2 is 1.51 bits per heavy atom. The predicted octanol–water partition coefficient (Wildman–Crippen LogP) is 4.80. The van der Waals surface area contributed by atoms with Gasteiger partial charge in [0.2, 0.25) is 5.91 Å². The first-order chi connectivity index (χ1) is 16.5. The number of carboxylic acid groups (broad SMARTS) is 1. The average molecular weight is 481 g/mol. The number of carbonyl (C=O) groups excluding carboxylic acids is 2. The molecule has 2 unspecified atom stereocenters. The van der Waals surface area contributed by atoms with Gasteiger partial charge in [0.25, 0.3) is 0 Å². The van der Waals surface area contributed by atoms with Crippen molar-refractivity contribution in [3.8, 4) is 11.1 Å². The fraction of sp³-hybridized carbons (Fsp3) is 0.464. The smallest absolute Gasteiger partial charge is 0.407 e. The SMILES string of the molecule is CC(CNC(=O)C(CNC(=O)OCC1c2ccccc2-c2ccccc21)CC(C)(C)C)CC(=O)O. The van der Waals surface area contributed by atoms with Crippen molar-refractivity contribution in [3.05, 3.63) is 59.7 Å². The predicted molar refractivity (Wildman–Crippen MR) is 135 cm³/mol. The number of fused-ring (bicyclic) bond motifs is 3. The summed E-state index contributed by atoms with van der Waals surface area (Å²) in [6.45, 7) is 8.52. The number of hydrogen-bond donors (Lipinski definition) is 3. The van der Waals surface area contributed by atoms with Crippen molar-refractivity contribution >= 4 is 18.0 Å². The van der Waals surface area contributed by atoms with Crippen molar-refractivity contribution in [1.29, 1.82) is 0 Å². The zero-order chi connectivity index (χ0) is 25.6. The Balaban J connectivity index is 1.57. The van der Waals surface area contributed by atoms with Crippen LogP contribution in [0.3, 0.4) is 0 Å². The molecular formula is C28H36N2O5. The number of rotatable bonds is 10. The molecule has 2 aromatic carbocycles. The second-order valence-electron chi connectivity index (χ2n) is 10.6. The van der Waals surface area contributed by atoms with Gasteiger partial charge in [0, 0.05) is 25.4 Å². The van der Waals surface area contributed by atoms with E-state index < -0.39 is 18.0 Å². The van der Waals surface area contributed by atoms with Gasteiger partial charge in [0.1, 0.15) is 6.61 Å². The minimum Gasteiger partial charge on any atom is -0.481 e. The van der Waals surface area contributed by atoms with E-state index in [9.17, 15) is 14.4 Å². The van der Waals surface area contributed by atoms with Crippen molar-refractivity contribution in [1.82, 2.24) is 10.6 Å². The highest BCUT2D eigenvalue weighted by Gasteiger charge is 2.30. The third-order valence-corrected chi connectivity index (χ3v) is 6.21. The van der Waals surface area contributed by atoms with Gasteiger partial charge in [-0.25, -0.2) is 4.79 Å². The summed E-state index contributed by atoms with van der Waals surface area (Å²) in [5, 5.41) is 14.5. The molecule has 3 N–H and O–H groups in total. The third kappa shape index (κ3) is 7.31. The summed E-state index contributed by atoms with van der Waals surface area (Å²) in [5.74, 6) is -1.75. The van der Waals surface area contributed by atoms with Crippen LogP contribution in [0.25, 0.3) is 11.1 Å². The summed E-state index contributed by atoms with van der Waals surface area (Å²) in [5.41, 5.74) is 4.48. The van der Waals surface area contributed by atoms with Crippen molar-refractivity contribution in [3.63, 3.8) is 0 Å². The third-order valence-electron chi connectivity index (χ3n) is 6.21. The first-order valence-electron chi connectivity index (χ1n) is 12.1. The molecule has 2 aromatic rings. The lowest BCUT2D eigenvalue weighted by molar-refractivity contribution is -0.138. The summed E-state index contributed by atoms with van der Waals surface area (Å²) in [4.78, 5) is 36.3. The van der Waals surface area contributed by atoms with E-state index in [4.69, 9.17) is 9.84 Å². The molecule has 0 spiro atoms. The van der Waals surface area contributed by atoms with E-state index in [1.165, 1.54) is 0 Å². The average Bonchev–Trinajstić information content (AvgIpc) is 3.11. The minimum absolute atomic E-state index is 0.0117. The van der Waals surface area contributed by atoms with Gasteiger partial charge in [0.05, 0.1) is 5.92 Å². The maximum Gasteiger partial charge on any atom is 0.407 e. The molecule has 0 heterocycles. The summed E-state index contributed by atoms with van der Waals surface area (Å²) < 4.78 is 5.59. The molecule has 188 valence electrons. The van der Waals surface area contributed by atoms with E-state index in [-0.39, 0.29) is 49.3 Å². The lowest BCUT2D eigenvalue weighted by Gasteiger charge is -2.26. The molecule has 0 fully saturated rings. The number of nitrogens with one attached hydrogen (secondary N) is 2. The molecular weight excluding hydrogens is 444 g/mol. The molecule has 1 aliphatic carbocycles. The van der Waals surface area contributed by atoms with Gasteiger partial charge in [-0.3, -0.25) is 9.59 Å². The Kier molecular flexibility index (Phi) is 8.54. The van der Waals surface area contributed by atoms with E-state index >= 15 is 0 Å². The monoisotopic (exact) mass is 480 g/mol. The topological polar surface area (TPSA) is 105 Å². The minimum atomic E-state index is -0.894. The molecule has 35 heavy (non-hydrogen) atoms. The molecule has 7 nitrogen and oxygen atoms in total. The summed E-state index contributed by atoms with van der Waals surface area (Å²) in [6.07, 6.45) is -0.00399. The number of benzene rings is 2. The maximum absolute atomic E-state index is 12.8. The summed E-state index contributed by atoms with van der Waals surface area (Å²) in [7, 11) is 0. The first kappa shape index (κ1) is 26.3. The van der Waals surface area contributed by atoms with Crippen molar-refractivity contribution in [2.75, 3.05) is 19.7 Å². The highest BCUT2D eigenvalue weighted by Crippen LogP contribution is 2.44. The van der Waals surface area contributed by atoms with Crippen LogP contribution in [0.15, 0.2) is 48.5 Å². The van der Waals surface area contributed by atoms with Gasteiger partial charge in [-0.05, 0) is 40.0 Å². The Bertz CT molecular complexity index is 1010. The molecule has 0 saturated carbocycles. The molecule has 1 aliphatic rings. The molecule has 3 rings (SSSR count). The van der Waals surface area contributed by atoms with Crippen molar-refractivity contribution in [2.24, 2.45) is 17.3 Å². The molecule has 0 aromatic heterocycles. The number of aliphatic carboxylic acids is 1. The zero-order valence-corrected chi connectivity index (χ0v) is 21.0. The largest absolute Gasteiger partial charge is 0.481 e. The Morgan fingerprint density at radius 1 is 0.943 bits per heavy atom. The van der Waals surface area contributed by atoms with Crippen LogP contribution in [0.1, 0.15) is 57.6 Å². The van der Waals surface area contributed by atoms with Gasteiger partial charge < -0.3 is 20.5 Å². The number of alkyl carbamates (subject to hydrolysis) is 1. The van der Waals surface area contributed by atoms with E-state index in [1.54, 1.807) is 6.92 Å². The van der Waals surface area contributed by atoms with Gasteiger partial charge in [-0.15, -0.1) is 0 Å². The Hall–Kier alpha value is -3.35. The molecule has 2 amide bonds. The van der Waals surface area contributed by atoms with Crippen LogP contribution in [-0.4, -0.2) is 42.8 Å². The van der Waals surface area contributed by atoms with E-state index in [1.807, 2.05) is 45.0 Å². The molecule has 7 heteroatoms. The Morgan fingerprint density at radius 3 is 2.06 bits per heavy atom. The molecule has 0 bridgehead atoms. The van der Waals surface area contributed by atoms with Gasteiger partial charge in [0.15, 0.2) is 0 Å². The van der Waals surface area contributed by atoms with E-state index in [0.29, 0.717) is 6.42 Å². The molecule has 0 aliphatic heterocycles. The van der Waals surface area contributed by atoms with Crippen LogP contribution in [0.4, 0.5) is 4.79 Å². The van der Waals surface area contributed by atoms with Crippen LogP contribution in [0.2, 0.25) is 0 Å². The quantitative estimate of drug-likeness (QED) is 0.453. The number of hydrogen-bond acceptors (Lipinski definition) is 4. The lowest BCUT2D eigenvalue weighted by Crippen LogP contribution is -2.42. The van der Waals surface area contributed by atoms with Gasteiger partial charge in [-0.1, -0.05) is 76.2 Å². The van der Waals surface area contributed by atoms with Crippen LogP contribution in [0.5, 0.6) is 0 Å². The summed E-state index contributed by atoms with van der Waals surface area (Å²) in [6, 6.07) is 16.3. The summed E-state index contributed by atoms with van der Waals surface area (Å²) >= 11 is 0. The first-order valence-corrected chi connectivity index (χ1v) is 12.1. The molecule has 2 atom stereocenters. The Labute approximate surface area is 207 Å². The van der Waals surface area contributed by atoms with Crippen molar-refractivity contribution < 1.29 is 24.2 Å². The van der Waals surface area contributed by atoms with Crippen LogP contribution in [0, 0.1) is 17.3 Å². The number of amides is 2. The fourth-order valence-electron chi connectivity index (χ4n) is 4.64. The highest BCUT2D eigenvalue weighted by atomic mass is 16.5. The highest BCUT2D eigenvalue weighted by molar-refractivity contribution is 5.80. The standard InChI is InChI=1S/C28H36N2O5/c1-18(13-25(31)32)15-29-26(33)19(14-28(2,3)4)16-30-27(34)35-17-24-22-11-7-5-9-20(22)21-10-6-8-12-23(21)24/h5-12,18-19,24H,13-17H2,1-4H3,(H,29,33)(H,30,34)(H,31,32).